The van der Waals surface area contributed by atoms with Gasteiger partial charge in [0, 0.05) is 37.5 Å². The molecule has 22 heavy (non-hydrogen) atoms. The molecule has 0 aliphatic heterocycles. The van der Waals surface area contributed by atoms with Crippen LogP contribution in [0.3, 0.4) is 0 Å². The van der Waals surface area contributed by atoms with Crippen LogP contribution in [0, 0.1) is 0 Å². The molecule has 0 saturated heterocycles. The van der Waals surface area contributed by atoms with Crippen molar-refractivity contribution in [3.63, 3.8) is 0 Å². The van der Waals surface area contributed by atoms with Crippen molar-refractivity contribution in [3.8, 4) is 0 Å². The lowest BCUT2D eigenvalue weighted by Gasteiger charge is -2.12. The second-order valence-corrected chi connectivity index (χ2v) is 5.39. The van der Waals surface area contributed by atoms with Crippen LogP contribution in [0.2, 0.25) is 0 Å². The molecule has 0 spiro atoms. The van der Waals surface area contributed by atoms with Crippen molar-refractivity contribution in [1.82, 2.24) is 5.43 Å². The van der Waals surface area contributed by atoms with Gasteiger partial charge < -0.3 is 4.90 Å². The Hall–Kier alpha value is -2.62. The molecule has 0 saturated carbocycles. The van der Waals surface area contributed by atoms with E-state index in [4.69, 9.17) is 0 Å². The molecule has 0 aliphatic rings. The molecule has 0 fully saturated rings. The zero-order valence-electron chi connectivity index (χ0n) is 13.2. The molecule has 0 heterocycles. The number of hydrazone groups is 1. The molecule has 2 rings (SSSR count). The SMILES string of the molecule is C/C(Cc1ccccc1)=N/NC(=O)c1ccc(N(C)C)cc1. The van der Waals surface area contributed by atoms with Crippen molar-refractivity contribution in [2.24, 2.45) is 5.10 Å². The Bertz CT molecular complexity index is 646. The number of amides is 1. The third-order valence-electron chi connectivity index (χ3n) is 3.30. The van der Waals surface area contributed by atoms with Crippen LogP contribution in [0.15, 0.2) is 59.7 Å². The summed E-state index contributed by atoms with van der Waals surface area (Å²) in [5.41, 5.74) is 6.30. The Kier molecular flexibility index (Phi) is 5.31. The van der Waals surface area contributed by atoms with E-state index in [1.165, 1.54) is 5.56 Å². The molecular weight excluding hydrogens is 274 g/mol. The summed E-state index contributed by atoms with van der Waals surface area (Å²) in [5.74, 6) is -0.197. The normalized spacial score (nSPS) is 11.1. The van der Waals surface area contributed by atoms with E-state index in [1.807, 2.05) is 68.4 Å². The third kappa shape index (κ3) is 4.45. The molecule has 4 heteroatoms. The van der Waals surface area contributed by atoms with E-state index in [9.17, 15) is 4.79 Å². The lowest BCUT2D eigenvalue weighted by atomic mass is 10.1. The molecule has 0 unspecified atom stereocenters. The minimum absolute atomic E-state index is 0.197. The lowest BCUT2D eigenvalue weighted by Crippen LogP contribution is -2.19. The number of carbonyl (C=O) groups is 1. The van der Waals surface area contributed by atoms with Crippen LogP contribution in [0.1, 0.15) is 22.8 Å². The highest BCUT2D eigenvalue weighted by molar-refractivity contribution is 5.95. The number of hydrogen-bond acceptors (Lipinski definition) is 3. The molecule has 0 bridgehead atoms. The van der Waals surface area contributed by atoms with E-state index in [0.717, 1.165) is 17.8 Å². The summed E-state index contributed by atoms with van der Waals surface area (Å²) in [6.07, 6.45) is 0.723. The van der Waals surface area contributed by atoms with E-state index in [1.54, 1.807) is 12.1 Å². The lowest BCUT2D eigenvalue weighted by molar-refractivity contribution is 0.0954. The molecule has 4 nitrogen and oxygen atoms in total. The van der Waals surface area contributed by atoms with Gasteiger partial charge in [-0.2, -0.15) is 5.10 Å². The highest BCUT2D eigenvalue weighted by Crippen LogP contribution is 2.12. The van der Waals surface area contributed by atoms with Gasteiger partial charge in [0.2, 0.25) is 0 Å². The van der Waals surface area contributed by atoms with E-state index < -0.39 is 0 Å². The molecule has 1 N–H and O–H groups in total. The summed E-state index contributed by atoms with van der Waals surface area (Å²) in [5, 5.41) is 4.16. The number of benzene rings is 2. The van der Waals surface area contributed by atoms with Crippen LogP contribution in [0.5, 0.6) is 0 Å². The monoisotopic (exact) mass is 295 g/mol. The van der Waals surface area contributed by atoms with Crippen LogP contribution < -0.4 is 10.3 Å². The Morgan fingerprint density at radius 2 is 1.68 bits per heavy atom. The van der Waals surface area contributed by atoms with Gasteiger partial charge in [0.15, 0.2) is 0 Å². The Labute approximate surface area is 131 Å². The fraction of sp³-hybridized carbons (Fsp3) is 0.222. The maximum atomic E-state index is 12.1. The number of anilines is 1. The van der Waals surface area contributed by atoms with E-state index >= 15 is 0 Å². The van der Waals surface area contributed by atoms with Crippen molar-refractivity contribution in [3.05, 3.63) is 65.7 Å². The average Bonchev–Trinajstić information content (AvgIpc) is 2.53. The summed E-state index contributed by atoms with van der Waals surface area (Å²) in [6, 6.07) is 17.5. The van der Waals surface area contributed by atoms with Gasteiger partial charge in [0.25, 0.3) is 5.91 Å². The zero-order chi connectivity index (χ0) is 15.9. The predicted octanol–water partition coefficient (Wildman–Crippen LogP) is 3.10. The van der Waals surface area contributed by atoms with Crippen LogP contribution in [-0.2, 0) is 6.42 Å². The average molecular weight is 295 g/mol. The first kappa shape index (κ1) is 15.8. The Balaban J connectivity index is 1.95. The van der Waals surface area contributed by atoms with E-state index in [0.29, 0.717) is 5.56 Å². The Morgan fingerprint density at radius 3 is 2.27 bits per heavy atom. The fourth-order valence-electron chi connectivity index (χ4n) is 2.05. The van der Waals surface area contributed by atoms with E-state index in [2.05, 4.69) is 10.5 Å². The van der Waals surface area contributed by atoms with Crippen molar-refractivity contribution in [2.45, 2.75) is 13.3 Å². The predicted molar refractivity (Wildman–Crippen MR) is 91.5 cm³/mol. The van der Waals surface area contributed by atoms with Crippen molar-refractivity contribution < 1.29 is 4.79 Å². The molecule has 1 amide bonds. The molecule has 2 aromatic rings. The summed E-state index contributed by atoms with van der Waals surface area (Å²) < 4.78 is 0. The quantitative estimate of drug-likeness (QED) is 0.680. The topological polar surface area (TPSA) is 44.7 Å². The zero-order valence-corrected chi connectivity index (χ0v) is 13.2. The number of hydrogen-bond donors (Lipinski definition) is 1. The van der Waals surface area contributed by atoms with Gasteiger partial charge in [-0.1, -0.05) is 30.3 Å². The summed E-state index contributed by atoms with van der Waals surface area (Å²) in [6.45, 7) is 1.91. The maximum Gasteiger partial charge on any atom is 0.271 e. The molecule has 114 valence electrons. The molecule has 0 aliphatic carbocycles. The molecule has 2 aromatic carbocycles. The van der Waals surface area contributed by atoms with Gasteiger partial charge in [-0.25, -0.2) is 5.43 Å². The van der Waals surface area contributed by atoms with Crippen LogP contribution in [0.25, 0.3) is 0 Å². The summed E-state index contributed by atoms with van der Waals surface area (Å²) in [7, 11) is 3.93. The van der Waals surface area contributed by atoms with Gasteiger partial charge in [-0.05, 0) is 36.8 Å². The molecule has 0 aromatic heterocycles. The van der Waals surface area contributed by atoms with Crippen molar-refractivity contribution in [1.29, 1.82) is 0 Å². The van der Waals surface area contributed by atoms with Gasteiger partial charge >= 0.3 is 0 Å². The van der Waals surface area contributed by atoms with Crippen molar-refractivity contribution in [2.75, 3.05) is 19.0 Å². The van der Waals surface area contributed by atoms with Gasteiger partial charge in [0.05, 0.1) is 0 Å². The first-order valence-corrected chi connectivity index (χ1v) is 7.21. The minimum Gasteiger partial charge on any atom is -0.378 e. The summed E-state index contributed by atoms with van der Waals surface area (Å²) in [4.78, 5) is 14.0. The van der Waals surface area contributed by atoms with Crippen LogP contribution in [-0.4, -0.2) is 25.7 Å². The Morgan fingerprint density at radius 1 is 1.05 bits per heavy atom. The van der Waals surface area contributed by atoms with Gasteiger partial charge in [-0.15, -0.1) is 0 Å². The molecular formula is C18H21N3O. The second kappa shape index (κ2) is 7.41. The number of nitrogens with zero attached hydrogens (tertiary/aromatic N) is 2. The first-order chi connectivity index (χ1) is 10.6. The third-order valence-corrected chi connectivity index (χ3v) is 3.30. The van der Waals surface area contributed by atoms with Crippen molar-refractivity contribution >= 4 is 17.3 Å². The largest absolute Gasteiger partial charge is 0.378 e. The second-order valence-electron chi connectivity index (χ2n) is 5.39. The maximum absolute atomic E-state index is 12.1. The number of rotatable bonds is 5. The van der Waals surface area contributed by atoms with E-state index in [-0.39, 0.29) is 5.91 Å². The standard InChI is InChI=1S/C18H21N3O/c1-14(13-15-7-5-4-6-8-15)19-20-18(22)16-9-11-17(12-10-16)21(2)3/h4-12H,13H2,1-3H3,(H,20,22)/b19-14-. The summed E-state index contributed by atoms with van der Waals surface area (Å²) >= 11 is 0. The van der Waals surface area contributed by atoms with Gasteiger partial charge in [0.1, 0.15) is 0 Å². The molecule has 0 atom stereocenters. The smallest absolute Gasteiger partial charge is 0.271 e. The molecule has 0 radical (unpaired) electrons. The van der Waals surface area contributed by atoms with Gasteiger partial charge in [-0.3, -0.25) is 4.79 Å². The minimum atomic E-state index is -0.197. The number of carbonyl (C=O) groups excluding carboxylic acids is 1. The van der Waals surface area contributed by atoms with Crippen LogP contribution >= 0.6 is 0 Å². The van der Waals surface area contributed by atoms with Crippen LogP contribution in [0.4, 0.5) is 5.69 Å². The fourth-order valence-corrected chi connectivity index (χ4v) is 2.05. The highest BCUT2D eigenvalue weighted by atomic mass is 16.2. The highest BCUT2D eigenvalue weighted by Gasteiger charge is 2.05. The number of nitrogens with one attached hydrogen (secondary N) is 1. The first-order valence-electron chi connectivity index (χ1n) is 7.21.